The highest BCUT2D eigenvalue weighted by atomic mass is 19.0. The number of aromatic nitrogens is 14. The zero-order valence-electron chi connectivity index (χ0n) is 40.6. The molecule has 0 saturated carbocycles. The molecule has 7 heterocycles. The van der Waals surface area contributed by atoms with Gasteiger partial charge in [0.25, 0.3) is 0 Å². The molecule has 0 aliphatic heterocycles. The van der Waals surface area contributed by atoms with Crippen LogP contribution in [-0.2, 0) is 95.1 Å². The molecule has 17 nitrogen and oxygen atoms in total. The molecule has 22 heteroatoms. The highest BCUT2D eigenvalue weighted by Gasteiger charge is 1.96. The Balaban J connectivity index is -0.000000206. The number of halogens is 4. The maximum atomic E-state index is 8.42. The summed E-state index contributed by atoms with van der Waals surface area (Å²) in [4.78, 5) is 0. The first-order valence-corrected chi connectivity index (χ1v) is 20.6. The van der Waals surface area contributed by atoms with Crippen molar-refractivity contribution in [1.82, 2.24) is 32.0 Å². The first-order valence-electron chi connectivity index (χ1n) is 20.6. The first-order chi connectivity index (χ1) is 28.5. The number of aryl methyl sites for hydroxylation is 14. The summed E-state index contributed by atoms with van der Waals surface area (Å²) < 4.78 is 29.1. The Labute approximate surface area is 379 Å². The maximum absolute atomic E-state index is 8.42. The molecule has 64 heavy (non-hydrogen) atoms. The van der Waals surface area contributed by atoms with Crippen molar-refractivity contribution in [3.05, 3.63) is 131 Å². The van der Waals surface area contributed by atoms with Crippen LogP contribution in [0, 0.1) is 0 Å². The topological polar surface area (TPSA) is 131 Å². The second-order valence-corrected chi connectivity index (χ2v) is 13.7. The van der Waals surface area contributed by atoms with Crippen LogP contribution in [0.4, 0.5) is 0 Å². The van der Waals surface area contributed by atoms with E-state index < -0.39 is 7.32 Å². The minimum absolute atomic E-state index is 0. The largest absolute Gasteiger partial charge is 1.00 e. The molecule has 0 fully saturated rings. The lowest BCUT2D eigenvalue weighted by Crippen LogP contribution is -3.00. The fraction of sp³-hybridized carbons (Fsp3) is 0.500. The number of rotatable bonds is 7. The lowest BCUT2D eigenvalue weighted by molar-refractivity contribution is -0.693. The van der Waals surface area contributed by atoms with Crippen molar-refractivity contribution in [1.29, 1.82) is 0 Å². The summed E-state index contributed by atoms with van der Waals surface area (Å²) >= 11 is 0. The molecular weight excluding hydrogens is 835 g/mol. The Morgan fingerprint density at radius 1 is 0.281 bits per heavy atom. The van der Waals surface area contributed by atoms with Crippen molar-refractivity contribution < 1.29 is 65.9 Å². The van der Waals surface area contributed by atoms with Crippen molar-refractivity contribution in [3.63, 3.8) is 0 Å². The third-order valence-corrected chi connectivity index (χ3v) is 8.32. The van der Waals surface area contributed by atoms with Gasteiger partial charge in [0.2, 0.25) is 44.3 Å². The monoisotopic (exact) mass is 913 g/mol. The van der Waals surface area contributed by atoms with Crippen molar-refractivity contribution in [3.8, 4) is 0 Å². The molecule has 0 amide bonds. The summed E-state index contributed by atoms with van der Waals surface area (Å²) in [6.45, 7) is 22.3. The van der Waals surface area contributed by atoms with Crippen LogP contribution in [0.2, 0.25) is 0 Å². The van der Waals surface area contributed by atoms with Crippen LogP contribution < -0.4 is 65.9 Å². The highest BCUT2D eigenvalue weighted by Crippen LogP contribution is 1.78. The fourth-order valence-electron chi connectivity index (χ4n) is 4.82. The van der Waals surface area contributed by atoms with E-state index in [1.807, 2.05) is 125 Å². The summed E-state index contributed by atoms with van der Waals surface area (Å²) in [5.41, 5.74) is 0. The predicted octanol–water partition coefficient (Wildman–Crippen LogP) is -13.6. The quantitative estimate of drug-likeness (QED) is 0.0896. The van der Waals surface area contributed by atoms with Crippen molar-refractivity contribution in [2.45, 2.75) is 94.3 Å². The zero-order chi connectivity index (χ0) is 45.5. The van der Waals surface area contributed by atoms with Gasteiger partial charge < -0.3 is 33.9 Å². The average Bonchev–Trinajstić information content (AvgIpc) is 4.09. The second kappa shape index (κ2) is 39.9. The lowest BCUT2D eigenvalue weighted by atomic mass is 10.3. The Kier molecular flexibility index (Phi) is 42.0. The van der Waals surface area contributed by atoms with E-state index in [1.54, 1.807) is 0 Å². The fourth-order valence-corrected chi connectivity index (χ4v) is 4.82. The molecule has 0 aliphatic carbocycles. The number of nitrogens with zero attached hydrogens (tertiary/aromatic N) is 14. The Morgan fingerprint density at radius 3 is 0.406 bits per heavy atom. The van der Waals surface area contributed by atoms with Gasteiger partial charge in [0.1, 0.15) is 86.8 Å². The minimum atomic E-state index is -2.92. The smallest absolute Gasteiger partial charge is 0.243 e. The molecule has 0 saturated heterocycles. The van der Waals surface area contributed by atoms with Crippen LogP contribution in [0.1, 0.15) is 48.5 Å². The van der Waals surface area contributed by atoms with Crippen molar-refractivity contribution in [2.24, 2.45) is 49.3 Å². The van der Waals surface area contributed by atoms with E-state index in [0.29, 0.717) is 0 Å². The molecule has 7 rings (SSSR count). The van der Waals surface area contributed by atoms with Crippen LogP contribution in [0.25, 0.3) is 0 Å². The predicted molar refractivity (Wildman–Crippen MR) is 225 cm³/mol. The zero-order valence-corrected chi connectivity index (χ0v) is 40.6. The summed E-state index contributed by atoms with van der Waals surface area (Å²) in [6, 6.07) is 0. The van der Waals surface area contributed by atoms with Crippen LogP contribution in [0.3, 0.4) is 0 Å². The van der Waals surface area contributed by atoms with Gasteiger partial charge in [0, 0.05) is 0 Å². The molecule has 0 N–H and O–H groups in total. The molecular formula is C42H77BF4N14O3. The molecule has 364 valence electrons. The van der Waals surface area contributed by atoms with E-state index in [-0.39, 0.29) is 18.8 Å². The van der Waals surface area contributed by atoms with Crippen molar-refractivity contribution >= 4 is 7.32 Å². The van der Waals surface area contributed by atoms with Crippen LogP contribution in [-0.4, -0.2) is 39.3 Å². The van der Waals surface area contributed by atoms with Gasteiger partial charge in [-0.3, -0.25) is 7.32 Å². The SMILES string of the molecule is CC[n+]1ccn(C)c1.CC[n+]1ccn(C)c1.CC[n+]1ccn(C)c1.CC[n+]1ccn(C)c1.CC[n+]1ccn(C)c1.CC[n+]1ccn(C)c1.CC[n+]1ccn(C)c1.[F-].[F-].[F-].[F-].[O-]B([O-])[O-]. The van der Waals surface area contributed by atoms with E-state index >= 15 is 0 Å². The molecule has 7 aromatic heterocycles. The third-order valence-electron chi connectivity index (χ3n) is 8.32. The van der Waals surface area contributed by atoms with Gasteiger partial charge in [-0.05, 0) is 48.5 Å². The Bertz CT molecular complexity index is 1660. The minimum Gasteiger partial charge on any atom is -1.00 e. The molecule has 0 atom stereocenters. The van der Waals surface area contributed by atoms with Gasteiger partial charge in [0.05, 0.1) is 95.1 Å². The summed E-state index contributed by atoms with van der Waals surface area (Å²) in [5.74, 6) is 0. The third kappa shape index (κ3) is 33.7. The second-order valence-electron chi connectivity index (χ2n) is 13.7. The van der Waals surface area contributed by atoms with Gasteiger partial charge in [-0.15, -0.1) is 0 Å². The molecule has 0 unspecified atom stereocenters. The number of hydrogen-bond donors (Lipinski definition) is 0. The summed E-state index contributed by atoms with van der Waals surface area (Å²) in [5, 5.41) is 25.2. The molecule has 0 aromatic carbocycles. The molecule has 7 aromatic rings. The summed E-state index contributed by atoms with van der Waals surface area (Å²) in [6.07, 6.45) is 43.0. The maximum Gasteiger partial charge on any atom is 0.243 e. The standard InChI is InChI=1S/7C6H11N2.BO3.4FH/c7*1-3-8-5-4-7(2)6-8;2-1(3)4;;;;/h7*4-6H,3H2,1-2H3;;4*1H/q7*+1;-3;;;;/p-4. The molecule has 0 radical (unpaired) electrons. The Morgan fingerprint density at radius 2 is 0.375 bits per heavy atom. The van der Waals surface area contributed by atoms with E-state index in [4.69, 9.17) is 15.1 Å². The first kappa shape index (κ1) is 67.2. The number of imidazole rings is 7. The normalized spacial score (nSPS) is 8.95. The van der Waals surface area contributed by atoms with Gasteiger partial charge in [-0.1, -0.05) is 0 Å². The van der Waals surface area contributed by atoms with Gasteiger partial charge in [-0.25, -0.2) is 63.9 Å². The average molecular weight is 913 g/mol. The van der Waals surface area contributed by atoms with E-state index in [0.717, 1.165) is 45.8 Å². The van der Waals surface area contributed by atoms with E-state index in [1.165, 1.54) is 0 Å². The van der Waals surface area contributed by atoms with Crippen LogP contribution in [0.5, 0.6) is 0 Å². The molecule has 0 bridgehead atoms. The summed E-state index contributed by atoms with van der Waals surface area (Å²) in [7, 11) is 11.2. The Hall–Kier alpha value is -5.87. The van der Waals surface area contributed by atoms with Crippen LogP contribution >= 0.6 is 0 Å². The van der Waals surface area contributed by atoms with Crippen LogP contribution in [0.15, 0.2) is 131 Å². The van der Waals surface area contributed by atoms with E-state index in [9.17, 15) is 0 Å². The lowest BCUT2D eigenvalue weighted by Gasteiger charge is -2.35. The van der Waals surface area contributed by atoms with Gasteiger partial charge >= 0.3 is 0 Å². The van der Waals surface area contributed by atoms with Crippen molar-refractivity contribution in [2.75, 3.05) is 0 Å². The van der Waals surface area contributed by atoms with Gasteiger partial charge in [-0.2, -0.15) is 0 Å². The molecule has 0 spiro atoms. The number of hydrogen-bond acceptors (Lipinski definition) is 3. The van der Waals surface area contributed by atoms with E-state index in [2.05, 4.69) is 168 Å². The molecule has 0 aliphatic rings. The van der Waals surface area contributed by atoms with Gasteiger partial charge in [0.15, 0.2) is 0 Å². The highest BCUT2D eigenvalue weighted by molar-refractivity contribution is 6.24.